The number of hydrogen-bond donors (Lipinski definition) is 0. The molecule has 0 bridgehead atoms. The zero-order chi connectivity index (χ0) is 11.0. The van der Waals surface area contributed by atoms with Crippen molar-refractivity contribution in [2.24, 2.45) is 0 Å². The molecular weight excluding hydrogens is 184 g/mol. The monoisotopic (exact) mass is 202 g/mol. The highest BCUT2D eigenvalue weighted by Crippen LogP contribution is 2.02. The average Bonchev–Trinajstić information content (AvgIpc) is 2.15. The van der Waals surface area contributed by atoms with Gasteiger partial charge in [0.15, 0.2) is 0 Å². The van der Waals surface area contributed by atoms with Gasteiger partial charge >= 0.3 is 5.97 Å². The Morgan fingerprint density at radius 1 is 1.29 bits per heavy atom. The van der Waals surface area contributed by atoms with Crippen LogP contribution in [-0.2, 0) is 19.1 Å². The molecule has 1 unspecified atom stereocenters. The van der Waals surface area contributed by atoms with Crippen molar-refractivity contribution in [1.29, 1.82) is 0 Å². The van der Waals surface area contributed by atoms with Crippen LogP contribution in [0.25, 0.3) is 0 Å². The largest absolute Gasteiger partial charge is 0.466 e. The van der Waals surface area contributed by atoms with E-state index in [1.54, 1.807) is 14.0 Å². The summed E-state index contributed by atoms with van der Waals surface area (Å²) in [5.41, 5.74) is 0. The third-order valence-electron chi connectivity index (χ3n) is 1.83. The van der Waals surface area contributed by atoms with Gasteiger partial charge in [0.2, 0.25) is 0 Å². The number of rotatable bonds is 7. The van der Waals surface area contributed by atoms with Gasteiger partial charge in [-0.3, -0.25) is 9.59 Å². The third kappa shape index (κ3) is 6.60. The molecule has 0 aromatic heterocycles. The van der Waals surface area contributed by atoms with Gasteiger partial charge in [-0.15, -0.1) is 0 Å². The molecule has 82 valence electrons. The van der Waals surface area contributed by atoms with E-state index in [0.29, 0.717) is 13.0 Å². The van der Waals surface area contributed by atoms with Crippen molar-refractivity contribution in [2.75, 3.05) is 13.7 Å². The molecule has 14 heavy (non-hydrogen) atoms. The Morgan fingerprint density at radius 3 is 2.43 bits per heavy atom. The maximum absolute atomic E-state index is 11.2. The topological polar surface area (TPSA) is 52.6 Å². The Kier molecular flexibility index (Phi) is 7.02. The quantitative estimate of drug-likeness (QED) is 0.584. The Bertz CT molecular complexity index is 189. The first kappa shape index (κ1) is 13.1. The Balaban J connectivity index is 3.58. The summed E-state index contributed by atoms with van der Waals surface area (Å²) in [6, 6.07) is 0. The number of carbonyl (C=O) groups excluding carboxylic acids is 2. The van der Waals surface area contributed by atoms with Gasteiger partial charge in [-0.05, 0) is 13.8 Å². The number of Topliss-reactive ketones (excluding diaryl/α,β-unsaturated/α-hetero) is 1. The van der Waals surface area contributed by atoms with Crippen molar-refractivity contribution in [3.05, 3.63) is 0 Å². The van der Waals surface area contributed by atoms with Gasteiger partial charge in [0.25, 0.3) is 0 Å². The minimum atomic E-state index is -0.314. The van der Waals surface area contributed by atoms with Gasteiger partial charge in [0.05, 0.1) is 19.1 Å². The molecule has 0 saturated heterocycles. The van der Waals surface area contributed by atoms with Crippen LogP contribution in [0.4, 0.5) is 0 Å². The average molecular weight is 202 g/mol. The molecule has 0 aliphatic carbocycles. The minimum Gasteiger partial charge on any atom is -0.466 e. The maximum atomic E-state index is 11.2. The first-order valence-electron chi connectivity index (χ1n) is 4.80. The molecule has 1 atom stereocenters. The fraction of sp³-hybridized carbons (Fsp3) is 0.800. The van der Waals surface area contributed by atoms with E-state index in [1.807, 2.05) is 6.92 Å². The number of ether oxygens (including phenoxy) is 2. The summed E-state index contributed by atoms with van der Waals surface area (Å²) in [7, 11) is 1.56. The van der Waals surface area contributed by atoms with Crippen molar-refractivity contribution in [1.82, 2.24) is 0 Å². The molecule has 0 saturated carbocycles. The van der Waals surface area contributed by atoms with Crippen molar-refractivity contribution in [2.45, 2.75) is 39.2 Å². The SMILES string of the molecule is CCOC(=O)CCC(=O)CC(C)OC. The molecule has 4 heteroatoms. The van der Waals surface area contributed by atoms with Gasteiger partial charge in [0.1, 0.15) is 5.78 Å². The van der Waals surface area contributed by atoms with E-state index in [1.165, 1.54) is 0 Å². The van der Waals surface area contributed by atoms with Gasteiger partial charge in [0, 0.05) is 20.0 Å². The predicted octanol–water partition coefficient (Wildman–Crippen LogP) is 1.32. The lowest BCUT2D eigenvalue weighted by Gasteiger charge is -2.07. The van der Waals surface area contributed by atoms with Gasteiger partial charge < -0.3 is 9.47 Å². The summed E-state index contributed by atoms with van der Waals surface area (Å²) in [5.74, 6) is -0.279. The van der Waals surface area contributed by atoms with Crippen LogP contribution in [0.15, 0.2) is 0 Å². The smallest absolute Gasteiger partial charge is 0.306 e. The summed E-state index contributed by atoms with van der Waals surface area (Å²) < 4.78 is 9.64. The van der Waals surface area contributed by atoms with Crippen LogP contribution >= 0.6 is 0 Å². The summed E-state index contributed by atoms with van der Waals surface area (Å²) in [4.78, 5) is 22.1. The zero-order valence-corrected chi connectivity index (χ0v) is 9.04. The minimum absolute atomic E-state index is 0.0346. The number of esters is 1. The standard InChI is InChI=1S/C10H18O4/c1-4-14-10(12)6-5-9(11)7-8(2)13-3/h8H,4-7H2,1-3H3. The number of methoxy groups -OCH3 is 1. The molecular formula is C10H18O4. The van der Waals surface area contributed by atoms with Crippen molar-refractivity contribution >= 4 is 11.8 Å². The normalized spacial score (nSPS) is 12.2. The molecule has 0 radical (unpaired) electrons. The lowest BCUT2D eigenvalue weighted by atomic mass is 10.1. The first-order valence-corrected chi connectivity index (χ1v) is 4.80. The van der Waals surface area contributed by atoms with Crippen molar-refractivity contribution in [3.63, 3.8) is 0 Å². The van der Waals surface area contributed by atoms with E-state index in [9.17, 15) is 9.59 Å². The molecule has 4 nitrogen and oxygen atoms in total. The van der Waals surface area contributed by atoms with E-state index in [0.717, 1.165) is 0 Å². The molecule has 0 aromatic rings. The molecule has 0 N–H and O–H groups in total. The fourth-order valence-electron chi connectivity index (χ4n) is 0.981. The van der Waals surface area contributed by atoms with E-state index in [2.05, 4.69) is 0 Å². The van der Waals surface area contributed by atoms with E-state index in [-0.39, 0.29) is 30.7 Å². The van der Waals surface area contributed by atoms with Crippen LogP contribution in [0.3, 0.4) is 0 Å². The highest BCUT2D eigenvalue weighted by Gasteiger charge is 2.10. The summed E-state index contributed by atoms with van der Waals surface area (Å²) in [6.07, 6.45) is 0.690. The molecule has 0 amide bonds. The van der Waals surface area contributed by atoms with Crippen molar-refractivity contribution in [3.8, 4) is 0 Å². The number of carbonyl (C=O) groups is 2. The third-order valence-corrected chi connectivity index (χ3v) is 1.83. The van der Waals surface area contributed by atoms with Crippen LogP contribution < -0.4 is 0 Å². The molecule has 0 spiro atoms. The second-order valence-electron chi connectivity index (χ2n) is 3.09. The maximum Gasteiger partial charge on any atom is 0.306 e. The summed E-state index contributed by atoms with van der Waals surface area (Å²) >= 11 is 0. The molecule has 0 aliphatic heterocycles. The second-order valence-corrected chi connectivity index (χ2v) is 3.09. The Morgan fingerprint density at radius 2 is 1.93 bits per heavy atom. The molecule has 0 rings (SSSR count). The highest BCUT2D eigenvalue weighted by atomic mass is 16.5. The predicted molar refractivity (Wildman–Crippen MR) is 52.0 cm³/mol. The fourth-order valence-corrected chi connectivity index (χ4v) is 0.981. The first-order chi connectivity index (χ1) is 6.60. The van der Waals surface area contributed by atoms with Crippen LogP contribution in [0.2, 0.25) is 0 Å². The van der Waals surface area contributed by atoms with Crippen LogP contribution in [0.5, 0.6) is 0 Å². The lowest BCUT2D eigenvalue weighted by molar-refractivity contribution is -0.144. The van der Waals surface area contributed by atoms with E-state index in [4.69, 9.17) is 9.47 Å². The lowest BCUT2D eigenvalue weighted by Crippen LogP contribution is -2.14. The van der Waals surface area contributed by atoms with Crippen LogP contribution in [0, 0.1) is 0 Å². The number of hydrogen-bond acceptors (Lipinski definition) is 4. The van der Waals surface area contributed by atoms with E-state index >= 15 is 0 Å². The van der Waals surface area contributed by atoms with Crippen LogP contribution in [0.1, 0.15) is 33.1 Å². The molecule has 0 fully saturated rings. The molecule has 0 aliphatic rings. The Hall–Kier alpha value is -0.900. The van der Waals surface area contributed by atoms with Gasteiger partial charge in [-0.2, -0.15) is 0 Å². The Labute approximate surface area is 84.6 Å². The van der Waals surface area contributed by atoms with Crippen molar-refractivity contribution < 1.29 is 19.1 Å². The summed E-state index contributed by atoms with van der Waals surface area (Å²) in [6.45, 7) is 3.93. The second kappa shape index (κ2) is 7.50. The van der Waals surface area contributed by atoms with Gasteiger partial charge in [-0.25, -0.2) is 0 Å². The molecule has 0 aromatic carbocycles. The van der Waals surface area contributed by atoms with Gasteiger partial charge in [-0.1, -0.05) is 0 Å². The molecule has 0 heterocycles. The van der Waals surface area contributed by atoms with E-state index < -0.39 is 0 Å². The van der Waals surface area contributed by atoms with Crippen LogP contribution in [-0.4, -0.2) is 31.6 Å². The highest BCUT2D eigenvalue weighted by molar-refractivity contribution is 5.83. The number of ketones is 1. The zero-order valence-electron chi connectivity index (χ0n) is 9.04. The summed E-state index contributed by atoms with van der Waals surface area (Å²) in [5, 5.41) is 0.